The first-order chi connectivity index (χ1) is 11.5. The minimum Gasteiger partial charge on any atom is -0.393 e. The van der Waals surface area contributed by atoms with Crippen molar-refractivity contribution >= 4 is 16.9 Å². The maximum atomic E-state index is 11.6. The summed E-state index contributed by atoms with van der Waals surface area (Å²) in [4.78, 5) is 20.6. The molecule has 1 N–H and O–H groups in total. The number of aliphatic hydroxyl groups excluding tert-OH is 1. The zero-order valence-corrected chi connectivity index (χ0v) is 14.2. The first kappa shape index (κ1) is 16.3. The number of hydrogen-bond donors (Lipinski definition) is 1. The lowest BCUT2D eigenvalue weighted by atomic mass is 10.1. The quantitative estimate of drug-likeness (QED) is 0.733. The average Bonchev–Trinajstić information content (AvgIpc) is 2.92. The third-order valence-corrected chi connectivity index (χ3v) is 4.02. The number of benzene rings is 1. The number of ketones is 1. The number of aliphatic hydroxyl groups is 1. The van der Waals surface area contributed by atoms with Gasteiger partial charge in [-0.15, -0.1) is 0 Å². The van der Waals surface area contributed by atoms with Gasteiger partial charge in [0.25, 0.3) is 0 Å². The number of rotatable bonds is 5. The molecule has 1 aromatic carbocycles. The second-order valence-corrected chi connectivity index (χ2v) is 6.06. The molecule has 0 aliphatic rings. The van der Waals surface area contributed by atoms with E-state index in [1.165, 1.54) is 6.92 Å². The molecule has 0 radical (unpaired) electrons. The molecule has 24 heavy (non-hydrogen) atoms. The van der Waals surface area contributed by atoms with Crippen molar-refractivity contribution in [2.45, 2.75) is 39.7 Å². The maximum Gasteiger partial charge on any atom is 0.164 e. The fourth-order valence-electron chi connectivity index (χ4n) is 2.83. The van der Waals surface area contributed by atoms with Gasteiger partial charge in [-0.3, -0.25) is 9.36 Å². The Morgan fingerprint density at radius 1 is 1.29 bits per heavy atom. The average molecular weight is 323 g/mol. The van der Waals surface area contributed by atoms with Crippen LogP contribution in [0.3, 0.4) is 0 Å². The van der Waals surface area contributed by atoms with E-state index in [0.717, 1.165) is 34.7 Å². The van der Waals surface area contributed by atoms with Gasteiger partial charge in [0.1, 0.15) is 11.3 Å². The topological polar surface area (TPSA) is 68.0 Å². The summed E-state index contributed by atoms with van der Waals surface area (Å²) in [7, 11) is 0. The highest BCUT2D eigenvalue weighted by molar-refractivity contribution is 5.96. The fraction of sp³-hybridized carbons (Fsp3) is 0.316. The van der Waals surface area contributed by atoms with E-state index in [1.807, 2.05) is 35.8 Å². The first-order valence-electron chi connectivity index (χ1n) is 8.15. The Hall–Kier alpha value is -2.53. The number of nitrogens with zero attached hydrogens (tertiary/aromatic N) is 3. The molecule has 0 aliphatic heterocycles. The summed E-state index contributed by atoms with van der Waals surface area (Å²) in [6.07, 6.45) is 2.64. The summed E-state index contributed by atoms with van der Waals surface area (Å²) in [5.41, 5.74) is 4.12. The van der Waals surface area contributed by atoms with Gasteiger partial charge in [-0.2, -0.15) is 0 Å². The van der Waals surface area contributed by atoms with Crippen LogP contribution in [-0.4, -0.2) is 31.5 Å². The molecule has 0 saturated heterocycles. The number of carbonyl (C=O) groups excluding carboxylic acids is 1. The lowest BCUT2D eigenvalue weighted by molar-refractivity contribution is 0.101. The van der Waals surface area contributed by atoms with Gasteiger partial charge in [0, 0.05) is 23.9 Å². The number of imidazole rings is 1. The van der Waals surface area contributed by atoms with Crippen LogP contribution in [0, 0.1) is 0 Å². The Balaban J connectivity index is 2.09. The molecule has 0 bridgehead atoms. The minimum absolute atomic E-state index is 0.0144. The van der Waals surface area contributed by atoms with E-state index >= 15 is 0 Å². The van der Waals surface area contributed by atoms with Gasteiger partial charge in [0.2, 0.25) is 0 Å². The lowest BCUT2D eigenvalue weighted by Gasteiger charge is -2.10. The lowest BCUT2D eigenvalue weighted by Crippen LogP contribution is -2.05. The molecule has 1 unspecified atom stereocenters. The number of Topliss-reactive ketones (excluding diaryl/α,β-unsaturated/α-hetero) is 1. The van der Waals surface area contributed by atoms with Crippen molar-refractivity contribution in [1.29, 1.82) is 0 Å². The first-order valence-corrected chi connectivity index (χ1v) is 8.15. The Morgan fingerprint density at radius 3 is 2.58 bits per heavy atom. The van der Waals surface area contributed by atoms with Crippen LogP contribution in [-0.2, 0) is 12.8 Å². The van der Waals surface area contributed by atoms with Crippen molar-refractivity contribution in [1.82, 2.24) is 14.5 Å². The van der Waals surface area contributed by atoms with Crippen LogP contribution in [0.1, 0.15) is 42.5 Å². The van der Waals surface area contributed by atoms with Crippen LogP contribution < -0.4 is 0 Å². The van der Waals surface area contributed by atoms with E-state index in [9.17, 15) is 9.90 Å². The predicted molar refractivity (Wildman–Crippen MR) is 93.6 cm³/mol. The molecule has 2 heterocycles. The Kier molecular flexibility index (Phi) is 4.44. The summed E-state index contributed by atoms with van der Waals surface area (Å²) in [6.45, 7) is 5.36. The summed E-state index contributed by atoms with van der Waals surface area (Å²) in [5.74, 6) is 0.890. The number of hydrogen-bond acceptors (Lipinski definition) is 4. The monoisotopic (exact) mass is 323 g/mol. The summed E-state index contributed by atoms with van der Waals surface area (Å²) in [5, 5.41) is 9.50. The highest BCUT2D eigenvalue weighted by Gasteiger charge is 2.14. The smallest absolute Gasteiger partial charge is 0.164 e. The molecule has 5 nitrogen and oxygen atoms in total. The summed E-state index contributed by atoms with van der Waals surface area (Å²) >= 11 is 0. The summed E-state index contributed by atoms with van der Waals surface area (Å²) < 4.78 is 2.02. The molecule has 124 valence electrons. The van der Waals surface area contributed by atoms with Crippen LogP contribution in [0.2, 0.25) is 0 Å². The molecular weight excluding hydrogens is 302 g/mol. The SMILES string of the molecule is CCc1nc2cc(C(C)=O)cnc2n1-c1ccc(CC(C)O)cc1. The van der Waals surface area contributed by atoms with Crippen LogP contribution in [0.5, 0.6) is 0 Å². The molecular formula is C19H21N3O2. The van der Waals surface area contributed by atoms with Crippen molar-refractivity contribution in [3.05, 3.63) is 53.5 Å². The van der Waals surface area contributed by atoms with Gasteiger partial charge in [-0.05, 0) is 44.0 Å². The van der Waals surface area contributed by atoms with Crippen molar-refractivity contribution in [2.24, 2.45) is 0 Å². The second kappa shape index (κ2) is 6.53. The zero-order chi connectivity index (χ0) is 17.3. The number of aromatic nitrogens is 3. The minimum atomic E-state index is -0.359. The van der Waals surface area contributed by atoms with Gasteiger partial charge in [-0.1, -0.05) is 19.1 Å². The third-order valence-electron chi connectivity index (χ3n) is 4.02. The van der Waals surface area contributed by atoms with E-state index in [0.29, 0.717) is 12.0 Å². The molecule has 5 heteroatoms. The van der Waals surface area contributed by atoms with E-state index in [1.54, 1.807) is 19.2 Å². The van der Waals surface area contributed by atoms with E-state index in [2.05, 4.69) is 9.97 Å². The van der Waals surface area contributed by atoms with E-state index in [-0.39, 0.29) is 11.9 Å². The van der Waals surface area contributed by atoms with Crippen LogP contribution in [0.4, 0.5) is 0 Å². The standard InChI is InChI=1S/C19H21N3O2/c1-4-18-21-17-10-15(13(3)24)11-20-19(17)22(18)16-7-5-14(6-8-16)9-12(2)23/h5-8,10-12,23H,4,9H2,1-3H3. The van der Waals surface area contributed by atoms with Crippen LogP contribution >= 0.6 is 0 Å². The predicted octanol–water partition coefficient (Wildman–Crippen LogP) is 3.11. The highest BCUT2D eigenvalue weighted by Crippen LogP contribution is 2.22. The van der Waals surface area contributed by atoms with E-state index < -0.39 is 0 Å². The van der Waals surface area contributed by atoms with Gasteiger partial charge in [0.05, 0.1) is 6.10 Å². The van der Waals surface area contributed by atoms with Crippen molar-refractivity contribution in [3.8, 4) is 5.69 Å². The molecule has 2 aromatic heterocycles. The molecule has 0 aliphatic carbocycles. The van der Waals surface area contributed by atoms with Gasteiger partial charge >= 0.3 is 0 Å². The number of carbonyl (C=O) groups is 1. The van der Waals surface area contributed by atoms with Crippen LogP contribution in [0.15, 0.2) is 36.5 Å². The summed E-state index contributed by atoms with van der Waals surface area (Å²) in [6, 6.07) is 9.84. The number of pyridine rings is 1. The van der Waals surface area contributed by atoms with Gasteiger partial charge in [0.15, 0.2) is 11.4 Å². The molecule has 0 amide bonds. The number of aryl methyl sites for hydroxylation is 1. The number of fused-ring (bicyclic) bond motifs is 1. The van der Waals surface area contributed by atoms with E-state index in [4.69, 9.17) is 0 Å². The highest BCUT2D eigenvalue weighted by atomic mass is 16.3. The molecule has 0 saturated carbocycles. The van der Waals surface area contributed by atoms with Crippen LogP contribution in [0.25, 0.3) is 16.9 Å². The van der Waals surface area contributed by atoms with Crippen molar-refractivity contribution < 1.29 is 9.90 Å². The third kappa shape index (κ3) is 3.08. The Labute approximate surface area is 141 Å². The zero-order valence-electron chi connectivity index (χ0n) is 14.2. The van der Waals surface area contributed by atoms with Gasteiger partial charge < -0.3 is 5.11 Å². The van der Waals surface area contributed by atoms with Gasteiger partial charge in [-0.25, -0.2) is 9.97 Å². The molecule has 1 atom stereocenters. The van der Waals surface area contributed by atoms with Crippen molar-refractivity contribution in [3.63, 3.8) is 0 Å². The fourth-order valence-corrected chi connectivity index (χ4v) is 2.83. The largest absolute Gasteiger partial charge is 0.393 e. The van der Waals surface area contributed by atoms with Crippen molar-refractivity contribution in [2.75, 3.05) is 0 Å². The normalized spacial score (nSPS) is 12.5. The Morgan fingerprint density at radius 2 is 2.00 bits per heavy atom. The molecule has 0 fully saturated rings. The molecule has 0 spiro atoms. The second-order valence-electron chi connectivity index (χ2n) is 6.06. The molecule has 3 aromatic rings. The molecule has 3 rings (SSSR count). The Bertz CT molecular complexity index is 880. The maximum absolute atomic E-state index is 11.6.